The molecular formula is C16H27N5O2S. The molecule has 6 N–H and O–H groups in total. The number of rotatable bonds is 8. The monoisotopic (exact) mass is 353 g/mol. The molecule has 1 fully saturated rings. The van der Waals surface area contributed by atoms with Gasteiger partial charge in [0.2, 0.25) is 0 Å². The maximum atomic E-state index is 8.78. The van der Waals surface area contributed by atoms with Crippen LogP contribution in [-0.2, 0) is 4.74 Å². The van der Waals surface area contributed by atoms with Crippen LogP contribution in [0.5, 0.6) is 0 Å². The van der Waals surface area contributed by atoms with Crippen molar-refractivity contribution >= 4 is 17.8 Å². The molecule has 0 amide bonds. The van der Waals surface area contributed by atoms with E-state index in [0.717, 1.165) is 35.5 Å². The second kappa shape index (κ2) is 9.85. The van der Waals surface area contributed by atoms with Gasteiger partial charge in [-0.3, -0.25) is 4.72 Å². The van der Waals surface area contributed by atoms with Crippen molar-refractivity contribution in [2.75, 3.05) is 26.3 Å². The fraction of sp³-hybridized carbons (Fsp3) is 0.562. The minimum absolute atomic E-state index is 0.112. The lowest BCUT2D eigenvalue weighted by molar-refractivity contribution is -0.00546. The molecule has 0 spiro atoms. The summed E-state index contributed by atoms with van der Waals surface area (Å²) >= 11 is 1.47. The van der Waals surface area contributed by atoms with Gasteiger partial charge in [0.15, 0.2) is 5.84 Å². The number of ether oxygens (including phenoxy) is 1. The Morgan fingerprint density at radius 3 is 3.00 bits per heavy atom. The summed E-state index contributed by atoms with van der Waals surface area (Å²) in [5, 5.41) is 14.4. The van der Waals surface area contributed by atoms with Gasteiger partial charge in [-0.2, -0.15) is 0 Å². The van der Waals surface area contributed by atoms with E-state index in [0.29, 0.717) is 18.9 Å². The van der Waals surface area contributed by atoms with Crippen molar-refractivity contribution in [3.63, 3.8) is 0 Å². The fourth-order valence-corrected chi connectivity index (χ4v) is 3.29. The lowest BCUT2D eigenvalue weighted by atomic mass is 10.1. The largest absolute Gasteiger partial charge is 0.395 e. The van der Waals surface area contributed by atoms with Crippen molar-refractivity contribution in [2.24, 2.45) is 16.7 Å². The van der Waals surface area contributed by atoms with E-state index in [1.54, 1.807) is 0 Å². The number of nitrogens with two attached hydrogens (primary N) is 2. The Kier molecular flexibility index (Phi) is 7.80. The molecule has 0 radical (unpaired) electrons. The molecule has 134 valence electrons. The lowest BCUT2D eigenvalue weighted by Crippen LogP contribution is -2.38. The van der Waals surface area contributed by atoms with Crippen LogP contribution in [0.15, 0.2) is 28.2 Å². The molecule has 1 saturated heterocycles. The Balaban J connectivity index is 1.95. The number of nitrogens with one attached hydrogen (secondary N) is 1. The maximum Gasteiger partial charge on any atom is 0.152 e. The van der Waals surface area contributed by atoms with Crippen molar-refractivity contribution in [1.29, 1.82) is 0 Å². The number of amidine groups is 1. The first-order valence-electron chi connectivity index (χ1n) is 8.19. The first kappa shape index (κ1) is 19.0. The third-order valence-corrected chi connectivity index (χ3v) is 4.62. The van der Waals surface area contributed by atoms with E-state index in [9.17, 15) is 0 Å². The van der Waals surface area contributed by atoms with E-state index >= 15 is 0 Å². The normalized spacial score (nSPS) is 18.6. The van der Waals surface area contributed by atoms with Crippen LogP contribution in [0.25, 0.3) is 0 Å². The second-order valence-electron chi connectivity index (χ2n) is 5.79. The summed E-state index contributed by atoms with van der Waals surface area (Å²) in [6.07, 6.45) is 3.41. The van der Waals surface area contributed by atoms with Crippen molar-refractivity contribution in [2.45, 2.75) is 37.2 Å². The highest BCUT2D eigenvalue weighted by molar-refractivity contribution is 7.97. The van der Waals surface area contributed by atoms with Crippen molar-refractivity contribution in [3.8, 4) is 0 Å². The van der Waals surface area contributed by atoms with Gasteiger partial charge in [0.1, 0.15) is 0 Å². The second-order valence-corrected chi connectivity index (χ2v) is 6.76. The predicted octanol–water partition coefficient (Wildman–Crippen LogP) is 0.949. The van der Waals surface area contributed by atoms with Crippen molar-refractivity contribution in [1.82, 2.24) is 9.84 Å². The summed E-state index contributed by atoms with van der Waals surface area (Å²) in [4.78, 5) is 1.05. The molecule has 8 heteroatoms. The summed E-state index contributed by atoms with van der Waals surface area (Å²) < 4.78 is 8.73. The standard InChI is InChI=1S/C16H27N5O2S/c1-12-10-14(24-19-7-8-22)5-6-15(12)16(17)20-21(18)11-13-4-2-3-9-23-13/h5-6,10,13,19,22H,2-4,7-9,11,18H2,1H3,(H2,17,20). The number of hydrazine groups is 1. The van der Waals surface area contributed by atoms with Gasteiger partial charge in [-0.25, -0.2) is 11.0 Å². The van der Waals surface area contributed by atoms with Crippen LogP contribution in [0.1, 0.15) is 30.4 Å². The third kappa shape index (κ3) is 5.95. The number of hydrogen-bond donors (Lipinski definition) is 4. The quantitative estimate of drug-likeness (QED) is 0.138. The number of aryl methyl sites for hydroxylation is 1. The zero-order valence-electron chi connectivity index (χ0n) is 14.1. The molecule has 7 nitrogen and oxygen atoms in total. The van der Waals surface area contributed by atoms with E-state index in [4.69, 9.17) is 21.4 Å². The molecule has 1 aromatic carbocycles. The average Bonchev–Trinajstić information content (AvgIpc) is 2.56. The Hall–Kier alpha value is -1.32. The van der Waals surface area contributed by atoms with Gasteiger partial charge in [0.05, 0.1) is 19.3 Å². The molecule has 1 unspecified atom stereocenters. The number of aliphatic hydroxyl groups excluding tert-OH is 1. The van der Waals surface area contributed by atoms with Crippen LogP contribution < -0.4 is 16.3 Å². The van der Waals surface area contributed by atoms with Crippen LogP contribution in [0.3, 0.4) is 0 Å². The highest BCUT2D eigenvalue weighted by atomic mass is 32.2. The number of nitrogens with zero attached hydrogens (tertiary/aromatic N) is 2. The Morgan fingerprint density at radius 1 is 1.50 bits per heavy atom. The molecule has 24 heavy (non-hydrogen) atoms. The molecule has 1 aliphatic rings. The number of aliphatic hydroxyl groups is 1. The number of hydrazone groups is 1. The molecular weight excluding hydrogens is 326 g/mol. The summed E-state index contributed by atoms with van der Waals surface area (Å²) in [6.45, 7) is 3.97. The molecule has 1 aliphatic heterocycles. The van der Waals surface area contributed by atoms with E-state index < -0.39 is 0 Å². The lowest BCUT2D eigenvalue weighted by Gasteiger charge is -2.25. The summed E-state index contributed by atoms with van der Waals surface area (Å²) in [6, 6.07) is 5.92. The van der Waals surface area contributed by atoms with E-state index in [1.165, 1.54) is 23.5 Å². The molecule has 1 aromatic rings. The smallest absolute Gasteiger partial charge is 0.152 e. The number of hydrogen-bond acceptors (Lipinski definition) is 7. The molecule has 0 bridgehead atoms. The average molecular weight is 353 g/mol. The Morgan fingerprint density at radius 2 is 2.33 bits per heavy atom. The van der Waals surface area contributed by atoms with Gasteiger partial charge in [0, 0.05) is 23.6 Å². The fourth-order valence-electron chi connectivity index (χ4n) is 2.56. The van der Waals surface area contributed by atoms with Gasteiger partial charge in [-0.1, -0.05) is 0 Å². The van der Waals surface area contributed by atoms with Crippen LogP contribution in [-0.4, -0.2) is 48.5 Å². The topological polar surface area (TPSA) is 109 Å². The van der Waals surface area contributed by atoms with Crippen LogP contribution >= 0.6 is 11.9 Å². The van der Waals surface area contributed by atoms with Gasteiger partial charge in [-0.15, -0.1) is 5.10 Å². The van der Waals surface area contributed by atoms with Crippen LogP contribution in [0.2, 0.25) is 0 Å². The summed E-state index contributed by atoms with van der Waals surface area (Å²) in [7, 11) is 0. The highest BCUT2D eigenvalue weighted by Crippen LogP contribution is 2.19. The zero-order chi connectivity index (χ0) is 17.4. The van der Waals surface area contributed by atoms with Gasteiger partial charge in [-0.05, 0) is 61.9 Å². The first-order chi connectivity index (χ1) is 11.6. The SMILES string of the molecule is Cc1cc(SNCCO)ccc1/C(N)=N/N(N)CC1CCCCO1. The molecule has 1 atom stereocenters. The van der Waals surface area contributed by atoms with Crippen molar-refractivity contribution in [3.05, 3.63) is 29.3 Å². The molecule has 0 aromatic heterocycles. The first-order valence-corrected chi connectivity index (χ1v) is 9.01. The summed E-state index contributed by atoms with van der Waals surface area (Å²) in [5.41, 5.74) is 7.99. The van der Waals surface area contributed by atoms with Crippen molar-refractivity contribution < 1.29 is 9.84 Å². The number of benzene rings is 1. The minimum Gasteiger partial charge on any atom is -0.395 e. The van der Waals surface area contributed by atoms with E-state index in [2.05, 4.69) is 9.82 Å². The Bertz CT molecular complexity index is 549. The highest BCUT2D eigenvalue weighted by Gasteiger charge is 2.16. The van der Waals surface area contributed by atoms with Gasteiger partial charge in [0.25, 0.3) is 0 Å². The van der Waals surface area contributed by atoms with Gasteiger partial charge >= 0.3 is 0 Å². The molecule has 2 rings (SSSR count). The van der Waals surface area contributed by atoms with E-state index in [1.807, 2.05) is 25.1 Å². The summed E-state index contributed by atoms with van der Waals surface area (Å²) in [5.74, 6) is 6.35. The van der Waals surface area contributed by atoms with E-state index in [-0.39, 0.29) is 12.7 Å². The minimum atomic E-state index is 0.112. The maximum absolute atomic E-state index is 8.78. The Labute approximate surface area is 147 Å². The van der Waals surface area contributed by atoms with Gasteiger partial charge < -0.3 is 15.6 Å². The molecule has 0 aliphatic carbocycles. The molecule has 1 heterocycles. The zero-order valence-corrected chi connectivity index (χ0v) is 14.9. The van der Waals surface area contributed by atoms with Crippen LogP contribution in [0, 0.1) is 6.92 Å². The predicted molar refractivity (Wildman–Crippen MR) is 97.3 cm³/mol. The molecule has 0 saturated carbocycles. The third-order valence-electron chi connectivity index (χ3n) is 3.78. The van der Waals surface area contributed by atoms with Crippen LogP contribution in [0.4, 0.5) is 0 Å².